The molecule has 8 heavy (non-hydrogen) atoms. The van der Waals surface area contributed by atoms with Gasteiger partial charge in [-0.15, -0.1) is 0 Å². The lowest BCUT2D eigenvalue weighted by molar-refractivity contribution is 1.02. The van der Waals surface area contributed by atoms with Crippen LogP contribution in [0.25, 0.3) is 0 Å². The molecule has 0 aromatic heterocycles. The van der Waals surface area contributed by atoms with Crippen LogP contribution in [0.3, 0.4) is 0 Å². The lowest BCUT2D eigenvalue weighted by Crippen LogP contribution is -2.14. The number of hydrogen-bond acceptors (Lipinski definition) is 1. The highest BCUT2D eigenvalue weighted by molar-refractivity contribution is 5.34. The number of nitrogens with two attached hydrogens (primary N) is 1. The van der Waals surface area contributed by atoms with Crippen molar-refractivity contribution in [1.29, 1.82) is 0 Å². The van der Waals surface area contributed by atoms with Gasteiger partial charge in [-0.2, -0.15) is 0 Å². The molecule has 1 aliphatic rings. The van der Waals surface area contributed by atoms with Crippen molar-refractivity contribution in [1.82, 2.24) is 0 Å². The Balaban J connectivity index is 2.68. The fourth-order valence-electron chi connectivity index (χ4n) is 0.589. The summed E-state index contributed by atoms with van der Waals surface area (Å²) in [5.74, 6) is 0. The zero-order valence-electron chi connectivity index (χ0n) is 4.67. The van der Waals surface area contributed by atoms with Crippen LogP contribution in [-0.2, 0) is 0 Å². The van der Waals surface area contributed by atoms with Crippen molar-refractivity contribution < 1.29 is 0 Å². The van der Waals surface area contributed by atoms with Crippen LogP contribution in [0.5, 0.6) is 0 Å². The number of rotatable bonds is 0. The molecule has 1 nitrogen and oxygen atoms in total. The molecule has 0 aromatic carbocycles. The van der Waals surface area contributed by atoms with Crippen LogP contribution in [-0.4, -0.2) is 6.04 Å². The zero-order valence-corrected chi connectivity index (χ0v) is 4.67. The quantitative estimate of drug-likeness (QED) is 0.491. The summed E-state index contributed by atoms with van der Waals surface area (Å²) in [6.07, 6.45) is 7.68. The molecule has 0 bridgehead atoms. The summed E-state index contributed by atoms with van der Waals surface area (Å²) in [5.41, 5.74) is 6.50. The lowest BCUT2D eigenvalue weighted by Gasteiger charge is -2.03. The predicted octanol–water partition coefficient (Wildman–Crippen LogP) is 0.996. The van der Waals surface area contributed by atoms with E-state index in [2.05, 4.69) is 6.58 Å². The van der Waals surface area contributed by atoms with E-state index in [4.69, 9.17) is 5.73 Å². The normalized spacial score (nSPS) is 19.9. The van der Waals surface area contributed by atoms with E-state index < -0.39 is 0 Å². The molecule has 0 radical (unpaired) electrons. The first kappa shape index (κ1) is 5.32. The Bertz CT molecular complexity index is 138. The van der Waals surface area contributed by atoms with Gasteiger partial charge >= 0.3 is 0 Å². The highest BCUT2D eigenvalue weighted by Crippen LogP contribution is 2.03. The van der Waals surface area contributed by atoms with Crippen molar-refractivity contribution in [2.24, 2.45) is 5.73 Å². The van der Waals surface area contributed by atoms with Gasteiger partial charge in [-0.05, 0) is 5.57 Å². The fraction of sp³-hybridized carbons (Fsp3) is 0.143. The Morgan fingerprint density at radius 3 is 2.25 bits per heavy atom. The molecule has 0 atom stereocenters. The van der Waals surface area contributed by atoms with Gasteiger partial charge in [-0.3, -0.25) is 0 Å². The van der Waals surface area contributed by atoms with E-state index in [1.807, 2.05) is 24.3 Å². The largest absolute Gasteiger partial charge is 0.321 e. The van der Waals surface area contributed by atoms with Crippen molar-refractivity contribution in [2.45, 2.75) is 6.04 Å². The molecule has 0 saturated heterocycles. The third kappa shape index (κ3) is 1.07. The zero-order chi connectivity index (χ0) is 5.98. The molecule has 0 unspecified atom stereocenters. The van der Waals surface area contributed by atoms with E-state index in [9.17, 15) is 0 Å². The second kappa shape index (κ2) is 1.97. The van der Waals surface area contributed by atoms with Crippen LogP contribution in [0.15, 0.2) is 36.5 Å². The van der Waals surface area contributed by atoms with Gasteiger partial charge in [0.25, 0.3) is 0 Å². The Labute approximate surface area is 49.2 Å². The van der Waals surface area contributed by atoms with Crippen molar-refractivity contribution in [3.05, 3.63) is 36.5 Å². The Morgan fingerprint density at radius 2 is 1.88 bits per heavy atom. The predicted molar refractivity (Wildman–Crippen MR) is 35.4 cm³/mol. The summed E-state index contributed by atoms with van der Waals surface area (Å²) >= 11 is 0. The SMILES string of the molecule is C=C1C=CC(N)C=C1. The molecule has 0 aliphatic heterocycles. The molecule has 0 amide bonds. The molecule has 2 N–H and O–H groups in total. The Kier molecular flexibility index (Phi) is 1.31. The topological polar surface area (TPSA) is 26.0 Å². The van der Waals surface area contributed by atoms with Crippen LogP contribution in [0, 0.1) is 0 Å². The maximum Gasteiger partial charge on any atom is 0.0416 e. The third-order valence-corrected chi connectivity index (χ3v) is 1.07. The van der Waals surface area contributed by atoms with E-state index >= 15 is 0 Å². The minimum Gasteiger partial charge on any atom is -0.321 e. The van der Waals surface area contributed by atoms with E-state index in [0.717, 1.165) is 5.57 Å². The summed E-state index contributed by atoms with van der Waals surface area (Å²) in [6.45, 7) is 3.72. The second-order valence-corrected chi connectivity index (χ2v) is 1.87. The Morgan fingerprint density at radius 1 is 1.38 bits per heavy atom. The van der Waals surface area contributed by atoms with Gasteiger partial charge < -0.3 is 5.73 Å². The lowest BCUT2D eigenvalue weighted by atomic mass is 10.1. The first-order chi connectivity index (χ1) is 3.79. The van der Waals surface area contributed by atoms with E-state index in [1.54, 1.807) is 0 Å². The minimum absolute atomic E-state index is 0.0977. The highest BCUT2D eigenvalue weighted by Gasteiger charge is 1.93. The van der Waals surface area contributed by atoms with Crippen molar-refractivity contribution in [3.8, 4) is 0 Å². The van der Waals surface area contributed by atoms with Gasteiger partial charge in [0.05, 0.1) is 0 Å². The molecule has 0 aromatic rings. The standard InChI is InChI=1S/C7H9N/c1-6-2-4-7(8)5-3-6/h2-5,7H,1,8H2. The number of hydrogen-bond donors (Lipinski definition) is 1. The Hall–Kier alpha value is -0.820. The summed E-state index contributed by atoms with van der Waals surface area (Å²) in [4.78, 5) is 0. The first-order valence-electron chi connectivity index (χ1n) is 2.60. The van der Waals surface area contributed by atoms with Gasteiger partial charge in [0.15, 0.2) is 0 Å². The van der Waals surface area contributed by atoms with Crippen molar-refractivity contribution >= 4 is 0 Å². The molecule has 1 rings (SSSR count). The molecular weight excluding hydrogens is 98.1 g/mol. The summed E-state index contributed by atoms with van der Waals surface area (Å²) in [7, 11) is 0. The second-order valence-electron chi connectivity index (χ2n) is 1.87. The van der Waals surface area contributed by atoms with E-state index in [-0.39, 0.29) is 6.04 Å². The molecule has 0 saturated carbocycles. The summed E-state index contributed by atoms with van der Waals surface area (Å²) in [6, 6.07) is 0.0977. The molecular formula is C7H9N. The maximum atomic E-state index is 5.48. The smallest absolute Gasteiger partial charge is 0.0416 e. The molecule has 0 fully saturated rings. The van der Waals surface area contributed by atoms with Gasteiger partial charge in [-0.25, -0.2) is 0 Å². The van der Waals surface area contributed by atoms with Crippen LogP contribution in [0.1, 0.15) is 0 Å². The maximum absolute atomic E-state index is 5.48. The van der Waals surface area contributed by atoms with Gasteiger partial charge in [0.1, 0.15) is 0 Å². The third-order valence-electron chi connectivity index (χ3n) is 1.07. The average Bonchev–Trinajstić information content (AvgIpc) is 1.77. The first-order valence-corrected chi connectivity index (χ1v) is 2.60. The van der Waals surface area contributed by atoms with Crippen molar-refractivity contribution in [2.75, 3.05) is 0 Å². The molecule has 1 heteroatoms. The van der Waals surface area contributed by atoms with Gasteiger partial charge in [0, 0.05) is 6.04 Å². The van der Waals surface area contributed by atoms with Crippen LogP contribution >= 0.6 is 0 Å². The van der Waals surface area contributed by atoms with E-state index in [1.165, 1.54) is 0 Å². The molecule has 1 aliphatic carbocycles. The average molecular weight is 107 g/mol. The van der Waals surface area contributed by atoms with E-state index in [0.29, 0.717) is 0 Å². The molecule has 42 valence electrons. The highest BCUT2D eigenvalue weighted by atomic mass is 14.6. The van der Waals surface area contributed by atoms with Gasteiger partial charge in [0.2, 0.25) is 0 Å². The fourth-order valence-corrected chi connectivity index (χ4v) is 0.589. The van der Waals surface area contributed by atoms with Crippen LogP contribution < -0.4 is 5.73 Å². The van der Waals surface area contributed by atoms with Crippen LogP contribution in [0.2, 0.25) is 0 Å². The van der Waals surface area contributed by atoms with Gasteiger partial charge in [-0.1, -0.05) is 30.9 Å². The monoisotopic (exact) mass is 107 g/mol. The van der Waals surface area contributed by atoms with Crippen molar-refractivity contribution in [3.63, 3.8) is 0 Å². The summed E-state index contributed by atoms with van der Waals surface area (Å²) in [5, 5.41) is 0. The molecule has 0 spiro atoms. The molecule has 0 heterocycles. The number of allylic oxidation sites excluding steroid dienone is 3. The minimum atomic E-state index is 0.0977. The van der Waals surface area contributed by atoms with Crippen LogP contribution in [0.4, 0.5) is 0 Å². The summed E-state index contributed by atoms with van der Waals surface area (Å²) < 4.78 is 0.